The molecule has 1 aliphatic rings. The van der Waals surface area contributed by atoms with E-state index in [1.165, 1.54) is 11.3 Å². The topological polar surface area (TPSA) is 44.9 Å². The van der Waals surface area contributed by atoms with Crippen molar-refractivity contribution in [2.24, 2.45) is 7.05 Å². The van der Waals surface area contributed by atoms with Gasteiger partial charge in [-0.25, -0.2) is 0 Å². The van der Waals surface area contributed by atoms with Crippen molar-refractivity contribution in [3.05, 3.63) is 18.0 Å². The summed E-state index contributed by atoms with van der Waals surface area (Å²) in [7, 11) is 1.96. The molecular weight excluding hydrogens is 232 g/mol. The highest BCUT2D eigenvalue weighted by atomic mass is 32.2. The molecule has 1 saturated heterocycles. The minimum Gasteiger partial charge on any atom is -0.295 e. The first-order chi connectivity index (χ1) is 8.31. The van der Waals surface area contributed by atoms with Gasteiger partial charge in [-0.05, 0) is 13.0 Å². The third-order valence-corrected chi connectivity index (χ3v) is 4.11. The van der Waals surface area contributed by atoms with E-state index in [0.29, 0.717) is 12.5 Å². The van der Waals surface area contributed by atoms with Crippen molar-refractivity contribution in [2.75, 3.05) is 24.6 Å². The first kappa shape index (κ1) is 12.5. The van der Waals surface area contributed by atoms with E-state index in [1.807, 2.05) is 29.7 Å². The van der Waals surface area contributed by atoms with Gasteiger partial charge in [0.15, 0.2) is 0 Å². The summed E-state index contributed by atoms with van der Waals surface area (Å²) >= 11 is 2.01. The Morgan fingerprint density at radius 2 is 2.53 bits per heavy atom. The SMILES string of the molecule is Cn1cc([C@@H]2CSCCN2CCCC#N)cn1. The predicted octanol–water partition coefficient (Wildman–Crippen LogP) is 1.81. The fourth-order valence-electron chi connectivity index (χ4n) is 2.19. The van der Waals surface area contributed by atoms with Gasteiger partial charge in [-0.15, -0.1) is 0 Å². The van der Waals surface area contributed by atoms with Crippen molar-refractivity contribution in [3.63, 3.8) is 0 Å². The molecular formula is C12H18N4S. The van der Waals surface area contributed by atoms with Gasteiger partial charge in [-0.1, -0.05) is 0 Å². The van der Waals surface area contributed by atoms with E-state index < -0.39 is 0 Å². The molecule has 0 spiro atoms. The molecule has 1 fully saturated rings. The van der Waals surface area contributed by atoms with Gasteiger partial charge in [0.2, 0.25) is 0 Å². The van der Waals surface area contributed by atoms with Crippen LogP contribution in [-0.2, 0) is 7.05 Å². The Kier molecular flexibility index (Phi) is 4.46. The highest BCUT2D eigenvalue weighted by molar-refractivity contribution is 7.99. The van der Waals surface area contributed by atoms with E-state index in [2.05, 4.69) is 22.3 Å². The number of aromatic nitrogens is 2. The molecule has 1 aromatic rings. The van der Waals surface area contributed by atoms with Crippen LogP contribution in [0.4, 0.5) is 0 Å². The van der Waals surface area contributed by atoms with Crippen LogP contribution < -0.4 is 0 Å². The Labute approximate surface area is 107 Å². The van der Waals surface area contributed by atoms with Crippen molar-refractivity contribution in [3.8, 4) is 6.07 Å². The quantitative estimate of drug-likeness (QED) is 0.765. The van der Waals surface area contributed by atoms with Crippen molar-refractivity contribution in [1.29, 1.82) is 5.26 Å². The molecule has 17 heavy (non-hydrogen) atoms. The van der Waals surface area contributed by atoms with Gasteiger partial charge in [0, 0.05) is 49.3 Å². The average Bonchev–Trinajstić information content (AvgIpc) is 2.77. The second-order valence-corrected chi connectivity index (χ2v) is 5.49. The molecule has 0 unspecified atom stereocenters. The van der Waals surface area contributed by atoms with Gasteiger partial charge >= 0.3 is 0 Å². The van der Waals surface area contributed by atoms with E-state index in [-0.39, 0.29) is 0 Å². The number of nitriles is 1. The lowest BCUT2D eigenvalue weighted by Gasteiger charge is -2.34. The number of hydrogen-bond donors (Lipinski definition) is 0. The van der Waals surface area contributed by atoms with Gasteiger partial charge < -0.3 is 0 Å². The average molecular weight is 250 g/mol. The van der Waals surface area contributed by atoms with Crippen LogP contribution in [0.25, 0.3) is 0 Å². The Bertz CT molecular complexity index is 395. The number of nitrogens with zero attached hydrogens (tertiary/aromatic N) is 4. The zero-order valence-corrected chi connectivity index (χ0v) is 11.0. The van der Waals surface area contributed by atoms with Crippen LogP contribution in [0.3, 0.4) is 0 Å². The summed E-state index contributed by atoms with van der Waals surface area (Å²) in [5, 5.41) is 12.8. The number of thioether (sulfide) groups is 1. The van der Waals surface area contributed by atoms with Gasteiger partial charge in [0.05, 0.1) is 12.3 Å². The van der Waals surface area contributed by atoms with Crippen molar-refractivity contribution in [1.82, 2.24) is 14.7 Å². The third kappa shape index (κ3) is 3.24. The van der Waals surface area contributed by atoms with Crippen LogP contribution in [0.5, 0.6) is 0 Å². The van der Waals surface area contributed by atoms with E-state index in [9.17, 15) is 0 Å². The lowest BCUT2D eigenvalue weighted by atomic mass is 10.1. The normalized spacial score (nSPS) is 21.3. The van der Waals surface area contributed by atoms with E-state index in [0.717, 1.165) is 25.3 Å². The third-order valence-electron chi connectivity index (χ3n) is 3.08. The number of rotatable bonds is 4. The molecule has 2 rings (SSSR count). The number of aryl methyl sites for hydroxylation is 1. The maximum Gasteiger partial charge on any atom is 0.0622 e. The van der Waals surface area contributed by atoms with Crippen LogP contribution in [0.2, 0.25) is 0 Å². The molecule has 1 aromatic heterocycles. The van der Waals surface area contributed by atoms with Crippen LogP contribution >= 0.6 is 11.8 Å². The molecule has 0 radical (unpaired) electrons. The number of hydrogen-bond acceptors (Lipinski definition) is 4. The summed E-state index contributed by atoms with van der Waals surface area (Å²) in [5.41, 5.74) is 1.30. The van der Waals surface area contributed by atoms with Crippen LogP contribution in [0, 0.1) is 11.3 Å². The molecule has 0 aromatic carbocycles. The van der Waals surface area contributed by atoms with E-state index in [4.69, 9.17) is 5.26 Å². The summed E-state index contributed by atoms with van der Waals surface area (Å²) in [5.74, 6) is 2.33. The Hall–Kier alpha value is -0.990. The maximum absolute atomic E-state index is 8.60. The first-order valence-electron chi connectivity index (χ1n) is 5.98. The maximum atomic E-state index is 8.60. The second kappa shape index (κ2) is 6.08. The molecule has 0 bridgehead atoms. The molecule has 92 valence electrons. The standard InChI is InChI=1S/C12H18N4S/c1-15-9-11(8-14-15)12-10-17-7-6-16(12)5-3-2-4-13/h8-9,12H,2-3,5-7,10H2,1H3/t12-/m0/s1. The van der Waals surface area contributed by atoms with Crippen LogP contribution in [-0.4, -0.2) is 39.3 Å². The fraction of sp³-hybridized carbons (Fsp3) is 0.667. The highest BCUT2D eigenvalue weighted by Gasteiger charge is 2.24. The molecule has 1 aliphatic heterocycles. The van der Waals surface area contributed by atoms with Crippen molar-refractivity contribution < 1.29 is 0 Å². The summed E-state index contributed by atoms with van der Waals surface area (Å²) in [6.07, 6.45) is 5.70. The van der Waals surface area contributed by atoms with Crippen molar-refractivity contribution >= 4 is 11.8 Å². The smallest absolute Gasteiger partial charge is 0.0622 e. The molecule has 0 saturated carbocycles. The van der Waals surface area contributed by atoms with Gasteiger partial charge in [0.25, 0.3) is 0 Å². The zero-order valence-electron chi connectivity index (χ0n) is 10.2. The van der Waals surface area contributed by atoms with Crippen LogP contribution in [0.1, 0.15) is 24.4 Å². The Balaban J connectivity index is 1.99. The van der Waals surface area contributed by atoms with E-state index >= 15 is 0 Å². The van der Waals surface area contributed by atoms with Gasteiger partial charge in [-0.2, -0.15) is 22.1 Å². The monoisotopic (exact) mass is 250 g/mol. The predicted molar refractivity (Wildman–Crippen MR) is 69.7 cm³/mol. The summed E-state index contributed by atoms with van der Waals surface area (Å²) in [4.78, 5) is 2.49. The first-order valence-corrected chi connectivity index (χ1v) is 7.14. The molecule has 0 N–H and O–H groups in total. The largest absolute Gasteiger partial charge is 0.295 e. The lowest BCUT2D eigenvalue weighted by molar-refractivity contribution is 0.219. The highest BCUT2D eigenvalue weighted by Crippen LogP contribution is 2.29. The molecule has 0 aliphatic carbocycles. The zero-order chi connectivity index (χ0) is 12.1. The van der Waals surface area contributed by atoms with Crippen molar-refractivity contribution in [2.45, 2.75) is 18.9 Å². The Morgan fingerprint density at radius 3 is 3.24 bits per heavy atom. The second-order valence-electron chi connectivity index (χ2n) is 4.34. The fourth-order valence-corrected chi connectivity index (χ4v) is 3.34. The minimum absolute atomic E-state index is 0.473. The summed E-state index contributed by atoms with van der Waals surface area (Å²) in [6, 6.07) is 2.69. The van der Waals surface area contributed by atoms with Gasteiger partial charge in [-0.3, -0.25) is 9.58 Å². The molecule has 5 heteroatoms. The summed E-state index contributed by atoms with van der Waals surface area (Å²) < 4.78 is 1.86. The lowest BCUT2D eigenvalue weighted by Crippen LogP contribution is -2.36. The minimum atomic E-state index is 0.473. The molecule has 1 atom stereocenters. The summed E-state index contributed by atoms with van der Waals surface area (Å²) in [6.45, 7) is 2.14. The number of unbranched alkanes of at least 4 members (excludes halogenated alkanes) is 1. The molecule has 2 heterocycles. The molecule has 4 nitrogen and oxygen atoms in total. The van der Waals surface area contributed by atoms with E-state index in [1.54, 1.807) is 0 Å². The molecule has 0 amide bonds. The van der Waals surface area contributed by atoms with Gasteiger partial charge in [0.1, 0.15) is 0 Å². The Morgan fingerprint density at radius 1 is 1.65 bits per heavy atom. The van der Waals surface area contributed by atoms with Crippen LogP contribution in [0.15, 0.2) is 12.4 Å².